The van der Waals surface area contributed by atoms with Crippen molar-refractivity contribution in [3.8, 4) is 17.0 Å². The average Bonchev–Trinajstić information content (AvgIpc) is 3.41. The zero-order valence-electron chi connectivity index (χ0n) is 26.6. The lowest BCUT2D eigenvalue weighted by Crippen LogP contribution is -2.29. The summed E-state index contributed by atoms with van der Waals surface area (Å²) in [7, 11) is 9.39. The number of likely N-dealkylation sites (N-methyl/N-ethyl adjacent to an activating group) is 2. The van der Waals surface area contributed by atoms with Crippen LogP contribution in [-0.4, -0.2) is 73.8 Å². The van der Waals surface area contributed by atoms with E-state index in [2.05, 4.69) is 62.9 Å². The van der Waals surface area contributed by atoms with Crippen LogP contribution in [0.25, 0.3) is 22.2 Å². The van der Waals surface area contributed by atoms with E-state index >= 15 is 0 Å². The van der Waals surface area contributed by atoms with Crippen molar-refractivity contribution in [2.75, 3.05) is 64.0 Å². The van der Waals surface area contributed by atoms with Gasteiger partial charge in [-0.3, -0.25) is 4.79 Å². The standard InChI is InChI=1S/C34H43N7O3/c1-8-29(43-6)24-20-35-34(38-32(24)25-21-41-15-11-13-22-12-10-14-23(25)33(22)41)37-27-18-26(36-31(42)9-2)28(19-30(27)44-7)40(5)17-16-39(3)4/h9-10,12,14,18-21,29H,2,8,11,13,15-17H2,1,3-7H3,(H,36,42)(H,35,37,38). The maximum Gasteiger partial charge on any atom is 0.247 e. The molecule has 5 rings (SSSR count). The van der Waals surface area contributed by atoms with Crippen LogP contribution in [0.2, 0.25) is 0 Å². The van der Waals surface area contributed by atoms with Crippen molar-refractivity contribution in [3.05, 3.63) is 66.5 Å². The first kappa shape index (κ1) is 31.0. The number of para-hydroxylation sites is 1. The Kier molecular flexibility index (Phi) is 9.51. The van der Waals surface area contributed by atoms with Crippen LogP contribution in [0.1, 0.15) is 37.0 Å². The minimum Gasteiger partial charge on any atom is -0.494 e. The summed E-state index contributed by atoms with van der Waals surface area (Å²) >= 11 is 0. The van der Waals surface area contributed by atoms with Crippen molar-refractivity contribution < 1.29 is 14.3 Å². The van der Waals surface area contributed by atoms with Gasteiger partial charge in [-0.05, 0) is 51.1 Å². The predicted molar refractivity (Wildman–Crippen MR) is 178 cm³/mol. The molecule has 10 nitrogen and oxygen atoms in total. The van der Waals surface area contributed by atoms with Crippen molar-refractivity contribution >= 4 is 39.8 Å². The number of benzene rings is 2. The molecule has 10 heteroatoms. The molecule has 2 aromatic heterocycles. The lowest BCUT2D eigenvalue weighted by Gasteiger charge is -2.26. The monoisotopic (exact) mass is 597 g/mol. The zero-order valence-corrected chi connectivity index (χ0v) is 26.6. The molecule has 2 N–H and O–H groups in total. The highest BCUT2D eigenvalue weighted by molar-refractivity contribution is 6.02. The Bertz CT molecular complexity index is 1660. The average molecular weight is 598 g/mol. The van der Waals surface area contributed by atoms with Gasteiger partial charge in [-0.25, -0.2) is 9.97 Å². The summed E-state index contributed by atoms with van der Waals surface area (Å²) in [4.78, 5) is 26.4. The number of hydrogen-bond donors (Lipinski definition) is 2. The highest BCUT2D eigenvalue weighted by Gasteiger charge is 2.24. The Morgan fingerprint density at radius 1 is 1.18 bits per heavy atom. The lowest BCUT2D eigenvalue weighted by molar-refractivity contribution is -0.111. The number of rotatable bonds is 13. The van der Waals surface area contributed by atoms with Crippen molar-refractivity contribution in [2.24, 2.45) is 0 Å². The van der Waals surface area contributed by atoms with Crippen LogP contribution in [0.5, 0.6) is 5.75 Å². The summed E-state index contributed by atoms with van der Waals surface area (Å²) in [5.41, 5.74) is 7.53. The fraction of sp³-hybridized carbons (Fsp3) is 0.382. The second-order valence-corrected chi connectivity index (χ2v) is 11.4. The minimum absolute atomic E-state index is 0.155. The number of aryl methyl sites for hydroxylation is 2. The van der Waals surface area contributed by atoms with Crippen molar-refractivity contribution in [3.63, 3.8) is 0 Å². The van der Waals surface area contributed by atoms with Crippen LogP contribution in [0, 0.1) is 0 Å². The van der Waals surface area contributed by atoms with Gasteiger partial charge in [0.2, 0.25) is 11.9 Å². The molecular formula is C34H43N7O3. The number of carbonyl (C=O) groups excluding carboxylic acids is 1. The van der Waals surface area contributed by atoms with E-state index < -0.39 is 0 Å². The van der Waals surface area contributed by atoms with Crippen LogP contribution in [0.15, 0.2) is 55.4 Å². The summed E-state index contributed by atoms with van der Waals surface area (Å²) in [6, 6.07) is 10.3. The third-order valence-electron chi connectivity index (χ3n) is 8.20. The highest BCUT2D eigenvalue weighted by Crippen LogP contribution is 2.41. The molecule has 3 heterocycles. The first-order valence-electron chi connectivity index (χ1n) is 15.1. The van der Waals surface area contributed by atoms with Gasteiger partial charge >= 0.3 is 0 Å². The number of nitrogens with zero attached hydrogens (tertiary/aromatic N) is 5. The zero-order chi connectivity index (χ0) is 31.4. The van der Waals surface area contributed by atoms with E-state index in [1.165, 1.54) is 22.5 Å². The number of amides is 1. The number of anilines is 4. The van der Waals surface area contributed by atoms with Gasteiger partial charge in [0.1, 0.15) is 5.75 Å². The molecule has 4 aromatic rings. The molecule has 0 saturated heterocycles. The smallest absolute Gasteiger partial charge is 0.247 e. The molecule has 0 spiro atoms. The molecule has 0 bridgehead atoms. The number of hydrogen-bond acceptors (Lipinski definition) is 8. The Balaban J connectivity index is 1.60. The van der Waals surface area contributed by atoms with Crippen LogP contribution in [0.4, 0.5) is 23.0 Å². The molecule has 1 amide bonds. The van der Waals surface area contributed by atoms with Crippen LogP contribution in [-0.2, 0) is 22.5 Å². The molecule has 1 aliphatic heterocycles. The highest BCUT2D eigenvalue weighted by atomic mass is 16.5. The lowest BCUT2D eigenvalue weighted by atomic mass is 9.98. The van der Waals surface area contributed by atoms with Crippen molar-refractivity contribution in [1.29, 1.82) is 0 Å². The maximum absolute atomic E-state index is 12.4. The fourth-order valence-electron chi connectivity index (χ4n) is 5.89. The van der Waals surface area contributed by atoms with E-state index in [0.717, 1.165) is 61.4 Å². The maximum atomic E-state index is 12.4. The third kappa shape index (κ3) is 6.27. The van der Waals surface area contributed by atoms with Gasteiger partial charge in [0.25, 0.3) is 0 Å². The van der Waals surface area contributed by atoms with E-state index in [1.54, 1.807) is 14.2 Å². The summed E-state index contributed by atoms with van der Waals surface area (Å²) in [5, 5.41) is 7.51. The van der Waals surface area contributed by atoms with Crippen LogP contribution >= 0.6 is 0 Å². The molecule has 232 valence electrons. The molecule has 0 fully saturated rings. The molecular weight excluding hydrogens is 554 g/mol. The second-order valence-electron chi connectivity index (χ2n) is 11.4. The molecule has 1 aliphatic rings. The van der Waals surface area contributed by atoms with Gasteiger partial charge in [0.15, 0.2) is 0 Å². The summed E-state index contributed by atoms with van der Waals surface area (Å²) in [6.07, 6.45) is 8.14. The quantitative estimate of drug-likeness (QED) is 0.181. The Hall–Kier alpha value is -4.41. The van der Waals surface area contributed by atoms with Crippen LogP contribution in [0.3, 0.4) is 0 Å². The van der Waals surface area contributed by atoms with Crippen molar-refractivity contribution in [2.45, 2.75) is 38.8 Å². The number of carbonyl (C=O) groups is 1. The Labute approximate surface area is 259 Å². The summed E-state index contributed by atoms with van der Waals surface area (Å²) < 4.78 is 14.0. The third-order valence-corrected chi connectivity index (χ3v) is 8.20. The first-order chi connectivity index (χ1) is 21.3. The Morgan fingerprint density at radius 2 is 2.00 bits per heavy atom. The number of ether oxygens (including phenoxy) is 2. The topological polar surface area (TPSA) is 96.8 Å². The van der Waals surface area contributed by atoms with Crippen LogP contribution < -0.4 is 20.3 Å². The second kappa shape index (κ2) is 13.5. The molecule has 1 atom stereocenters. The molecule has 0 aliphatic carbocycles. The number of nitrogens with one attached hydrogen (secondary N) is 2. The summed E-state index contributed by atoms with van der Waals surface area (Å²) in [6.45, 7) is 8.29. The summed E-state index contributed by atoms with van der Waals surface area (Å²) in [5.74, 6) is 0.706. The normalized spacial score (nSPS) is 13.2. The van der Waals surface area contributed by atoms with E-state index in [4.69, 9.17) is 19.4 Å². The molecule has 44 heavy (non-hydrogen) atoms. The largest absolute Gasteiger partial charge is 0.494 e. The molecule has 0 radical (unpaired) electrons. The minimum atomic E-state index is -0.301. The van der Waals surface area contributed by atoms with Gasteiger partial charge in [0, 0.05) is 68.8 Å². The number of methoxy groups -OCH3 is 2. The SMILES string of the molecule is C=CC(=O)Nc1cc(Nc2ncc(C(CC)OC)c(-c3cn4c5c(cccc35)CCC4)n2)c(OC)cc1N(C)CCN(C)C. The van der Waals surface area contributed by atoms with Gasteiger partial charge in [-0.15, -0.1) is 0 Å². The Morgan fingerprint density at radius 3 is 2.70 bits per heavy atom. The van der Waals surface area contributed by atoms with E-state index in [0.29, 0.717) is 23.1 Å². The van der Waals surface area contributed by atoms with Gasteiger partial charge < -0.3 is 34.5 Å². The van der Waals surface area contributed by atoms with Gasteiger partial charge in [-0.1, -0.05) is 31.7 Å². The molecule has 1 unspecified atom stereocenters. The fourth-order valence-corrected chi connectivity index (χ4v) is 5.89. The predicted octanol–water partition coefficient (Wildman–Crippen LogP) is 6.02. The molecule has 0 saturated carbocycles. The first-order valence-corrected chi connectivity index (χ1v) is 15.1. The van der Waals surface area contributed by atoms with Gasteiger partial charge in [0.05, 0.1) is 41.5 Å². The molecule has 2 aromatic carbocycles. The van der Waals surface area contributed by atoms with E-state index in [-0.39, 0.29) is 12.0 Å². The van der Waals surface area contributed by atoms with E-state index in [9.17, 15) is 4.79 Å². The van der Waals surface area contributed by atoms with Crippen molar-refractivity contribution in [1.82, 2.24) is 19.4 Å². The number of aromatic nitrogens is 3. The van der Waals surface area contributed by atoms with Gasteiger partial charge in [-0.2, -0.15) is 0 Å². The van der Waals surface area contributed by atoms with E-state index in [1.807, 2.05) is 39.5 Å².